The summed E-state index contributed by atoms with van der Waals surface area (Å²) >= 11 is 0. The predicted molar refractivity (Wildman–Crippen MR) is 299 cm³/mol. The highest BCUT2D eigenvalue weighted by molar-refractivity contribution is 5.95. The molecule has 4 nitrogen and oxygen atoms in total. The molecule has 4 heteroatoms. The van der Waals surface area contributed by atoms with Crippen LogP contribution in [0.5, 0.6) is 0 Å². The van der Waals surface area contributed by atoms with E-state index in [-0.39, 0.29) is 0 Å². The van der Waals surface area contributed by atoms with Gasteiger partial charge >= 0.3 is 0 Å². The Morgan fingerprint density at radius 3 is 0.865 bits per heavy atom. The lowest BCUT2D eigenvalue weighted by molar-refractivity contribution is 0.400. The quantitative estimate of drug-likeness (QED) is 0.166. The fraction of sp³-hybridized carbons (Fsp3) is 0.0286. The van der Waals surface area contributed by atoms with Gasteiger partial charge in [0.05, 0.1) is 22.7 Å². The number of rotatable bonds is 6. The van der Waals surface area contributed by atoms with Crippen LogP contribution in [0.3, 0.4) is 0 Å². The van der Waals surface area contributed by atoms with Gasteiger partial charge in [-0.2, -0.15) is 0 Å². The Kier molecular flexibility index (Phi) is 9.36. The van der Waals surface area contributed by atoms with Crippen molar-refractivity contribution in [2.75, 3.05) is 9.80 Å². The molecule has 10 aromatic carbocycles. The molecule has 4 heterocycles. The first-order valence-corrected chi connectivity index (χ1v) is 25.4. The molecule has 2 aromatic heterocycles. The van der Waals surface area contributed by atoms with Gasteiger partial charge in [-0.1, -0.05) is 206 Å². The van der Waals surface area contributed by atoms with Gasteiger partial charge in [0.25, 0.3) is 0 Å². The normalized spacial score (nSPS) is 14.1. The number of benzene rings is 10. The van der Waals surface area contributed by atoms with Gasteiger partial charge in [0.1, 0.15) is 33.9 Å². The summed E-state index contributed by atoms with van der Waals surface area (Å²) in [6.07, 6.45) is 0. The van der Waals surface area contributed by atoms with Crippen molar-refractivity contribution in [2.45, 2.75) is 10.8 Å². The molecule has 2 aliphatic heterocycles. The average Bonchev–Trinajstić information content (AvgIpc) is 4.15. The lowest BCUT2D eigenvalue weighted by atomic mass is 9.53. The SMILES string of the molecule is c1ccc(-c2cccc(-c3cc4c(o3)C3(c5ccccc5N(c5ccccc5)c5ccccc53)c3cc(-c5cccc(-c6ccccc6)c5)oc3C43c4ccccc4N(c4ccccc4)c4ccccc43)c2)cc1. The third kappa shape index (κ3) is 5.97. The first kappa shape index (κ1) is 42.1. The molecule has 0 bridgehead atoms. The number of hydrogen-bond acceptors (Lipinski definition) is 4. The van der Waals surface area contributed by atoms with E-state index in [2.05, 4.69) is 289 Å². The Balaban J connectivity index is 1.11. The summed E-state index contributed by atoms with van der Waals surface area (Å²) in [7, 11) is 0. The Hall–Kier alpha value is -9.64. The van der Waals surface area contributed by atoms with Gasteiger partial charge in [-0.25, -0.2) is 0 Å². The minimum atomic E-state index is -1.01. The summed E-state index contributed by atoms with van der Waals surface area (Å²) < 4.78 is 16.0. The van der Waals surface area contributed by atoms with E-state index in [9.17, 15) is 0 Å². The number of para-hydroxylation sites is 6. The third-order valence-corrected chi connectivity index (χ3v) is 15.7. The Morgan fingerprint density at radius 2 is 0.514 bits per heavy atom. The molecule has 2 spiro atoms. The van der Waals surface area contributed by atoms with Gasteiger partial charge < -0.3 is 18.6 Å². The van der Waals surface area contributed by atoms with Gasteiger partial charge in [0, 0.05) is 33.6 Å². The van der Waals surface area contributed by atoms with Crippen molar-refractivity contribution in [3.05, 3.63) is 324 Å². The summed E-state index contributed by atoms with van der Waals surface area (Å²) in [6, 6.07) is 101. The highest BCUT2D eigenvalue weighted by Gasteiger charge is 2.63. The molecule has 1 aliphatic carbocycles. The van der Waals surface area contributed by atoms with E-state index in [4.69, 9.17) is 8.83 Å². The molecule has 0 atom stereocenters. The van der Waals surface area contributed by atoms with E-state index in [0.29, 0.717) is 0 Å². The molecule has 12 aromatic rings. The number of hydrogen-bond donors (Lipinski definition) is 0. The summed E-state index contributed by atoms with van der Waals surface area (Å²) in [5, 5.41) is 0. The predicted octanol–water partition coefficient (Wildman–Crippen LogP) is 18.2. The van der Waals surface area contributed by atoms with Crippen molar-refractivity contribution in [1.29, 1.82) is 0 Å². The first-order valence-electron chi connectivity index (χ1n) is 25.4. The van der Waals surface area contributed by atoms with Crippen molar-refractivity contribution in [2.24, 2.45) is 0 Å². The van der Waals surface area contributed by atoms with Gasteiger partial charge in [0.15, 0.2) is 0 Å². The van der Waals surface area contributed by atoms with E-state index >= 15 is 0 Å². The molecule has 0 fully saturated rings. The lowest BCUT2D eigenvalue weighted by Crippen LogP contribution is -2.48. The first-order chi connectivity index (χ1) is 36.7. The minimum Gasteiger partial charge on any atom is -0.459 e. The standard InChI is InChI=1S/C70H46N2O2/c1-5-23-47(24-6-1)49-27-21-29-51(43-49)65-45-59-67(73-65)70(57-37-15-19-41-63(57)72(54-33-11-4-12-34-54)64-42-20-16-38-58(64)70)60-46-66(52-30-22-28-50(44-52)48-25-7-2-8-26-48)74-68(60)69(59)55-35-13-17-39-61(55)71(53-31-9-3-10-32-53)62-40-18-14-36-56(62)69/h1-46H. The molecule has 0 amide bonds. The van der Waals surface area contributed by atoms with E-state index in [1.165, 1.54) is 0 Å². The molecule has 348 valence electrons. The summed E-state index contributed by atoms with van der Waals surface area (Å²) in [4.78, 5) is 4.83. The minimum absolute atomic E-state index is 0.786. The van der Waals surface area contributed by atoms with Crippen LogP contribution in [0.1, 0.15) is 44.9 Å². The van der Waals surface area contributed by atoms with Crippen LogP contribution in [0.25, 0.3) is 44.9 Å². The highest BCUT2D eigenvalue weighted by Crippen LogP contribution is 2.69. The van der Waals surface area contributed by atoms with Gasteiger partial charge in [-0.15, -0.1) is 0 Å². The molecule has 0 radical (unpaired) electrons. The zero-order chi connectivity index (χ0) is 48.8. The van der Waals surface area contributed by atoms with Crippen molar-refractivity contribution < 1.29 is 8.83 Å². The summed E-state index contributed by atoms with van der Waals surface area (Å²) in [5.74, 6) is 3.29. The summed E-state index contributed by atoms with van der Waals surface area (Å²) in [5.41, 5.74) is 17.4. The monoisotopic (exact) mass is 946 g/mol. The molecule has 0 saturated heterocycles. The highest BCUT2D eigenvalue weighted by atomic mass is 16.4. The van der Waals surface area contributed by atoms with E-state index in [1.807, 2.05) is 0 Å². The van der Waals surface area contributed by atoms with Crippen LogP contribution in [-0.2, 0) is 10.8 Å². The number of furan rings is 2. The van der Waals surface area contributed by atoms with Gasteiger partial charge in [-0.05, 0) is 117 Å². The van der Waals surface area contributed by atoms with Crippen LogP contribution in [0.2, 0.25) is 0 Å². The average molecular weight is 947 g/mol. The zero-order valence-corrected chi connectivity index (χ0v) is 40.3. The van der Waals surface area contributed by atoms with Crippen LogP contribution in [0.15, 0.2) is 288 Å². The maximum absolute atomic E-state index is 7.98. The number of anilines is 6. The molecular weight excluding hydrogens is 901 g/mol. The van der Waals surface area contributed by atoms with Crippen molar-refractivity contribution >= 4 is 34.1 Å². The Morgan fingerprint density at radius 1 is 0.230 bits per heavy atom. The largest absolute Gasteiger partial charge is 0.459 e. The summed E-state index contributed by atoms with van der Waals surface area (Å²) in [6.45, 7) is 0. The van der Waals surface area contributed by atoms with Crippen molar-refractivity contribution in [3.63, 3.8) is 0 Å². The maximum atomic E-state index is 7.98. The van der Waals surface area contributed by atoms with Crippen molar-refractivity contribution in [1.82, 2.24) is 0 Å². The van der Waals surface area contributed by atoms with E-state index in [0.717, 1.165) is 124 Å². The third-order valence-electron chi connectivity index (χ3n) is 15.7. The molecule has 0 unspecified atom stereocenters. The van der Waals surface area contributed by atoms with E-state index < -0.39 is 10.8 Å². The van der Waals surface area contributed by atoms with Crippen LogP contribution < -0.4 is 9.80 Å². The molecule has 0 N–H and O–H groups in total. The van der Waals surface area contributed by atoms with E-state index in [1.54, 1.807) is 0 Å². The Bertz CT molecular complexity index is 3690. The smallest absolute Gasteiger partial charge is 0.134 e. The maximum Gasteiger partial charge on any atom is 0.134 e. The van der Waals surface area contributed by atoms with Crippen LogP contribution >= 0.6 is 0 Å². The lowest BCUT2D eigenvalue weighted by Gasteiger charge is -2.52. The molecule has 74 heavy (non-hydrogen) atoms. The second kappa shape index (κ2) is 16.5. The molecule has 3 aliphatic rings. The topological polar surface area (TPSA) is 32.8 Å². The molecular formula is C70H46N2O2. The van der Waals surface area contributed by atoms with Crippen molar-refractivity contribution in [3.8, 4) is 44.9 Å². The second-order valence-corrected chi connectivity index (χ2v) is 19.5. The fourth-order valence-corrected chi connectivity index (χ4v) is 12.7. The molecule has 0 saturated carbocycles. The van der Waals surface area contributed by atoms with Gasteiger partial charge in [-0.3, -0.25) is 0 Å². The number of fused-ring (bicyclic) bond motifs is 14. The number of nitrogens with zero attached hydrogens (tertiary/aromatic N) is 2. The molecule has 15 rings (SSSR count). The Labute approximate surface area is 430 Å². The van der Waals surface area contributed by atoms with Crippen LogP contribution in [0.4, 0.5) is 34.1 Å². The fourth-order valence-electron chi connectivity index (χ4n) is 12.7. The van der Waals surface area contributed by atoms with Crippen LogP contribution in [-0.4, -0.2) is 0 Å². The zero-order valence-electron chi connectivity index (χ0n) is 40.3. The van der Waals surface area contributed by atoms with Gasteiger partial charge in [0.2, 0.25) is 0 Å². The van der Waals surface area contributed by atoms with Crippen LogP contribution in [0, 0.1) is 0 Å². The second-order valence-electron chi connectivity index (χ2n) is 19.5.